The van der Waals surface area contributed by atoms with Crippen molar-refractivity contribution in [2.75, 3.05) is 20.3 Å². The summed E-state index contributed by atoms with van der Waals surface area (Å²) in [6.45, 7) is -1.57. The maximum atomic E-state index is 13.6. The summed E-state index contributed by atoms with van der Waals surface area (Å²) in [6.07, 6.45) is -16.3. The van der Waals surface area contributed by atoms with Gasteiger partial charge in [0.25, 0.3) is 0 Å². The van der Waals surface area contributed by atoms with Gasteiger partial charge < -0.3 is 74.1 Å². The number of benzene rings is 2. The van der Waals surface area contributed by atoms with Gasteiger partial charge in [0.1, 0.15) is 71.8 Å². The molecule has 5 rings (SSSR count). The standard InChI is InChI=1S/C28H32O16/c1-39-11-4-2-10(3-5-11)12-9-40-13-6-14(41-27-24(37)22(35)19(32)15(7-29)42-27)26(21(34)17(13)18(12)31)44-28-25(38)23(36)20(33)16(8-30)43-28/h2-6,9,15-16,19-20,22-25,27-30,32-38H,7-8H2,1H3/t15-,16-,19-,20-,22+,23+,24-,25-,27-,28+/m1/s1. The molecule has 0 spiro atoms. The van der Waals surface area contributed by atoms with Gasteiger partial charge in [-0.2, -0.15) is 0 Å². The Labute approximate surface area is 248 Å². The Morgan fingerprint density at radius 2 is 1.32 bits per heavy atom. The Morgan fingerprint density at radius 3 is 1.84 bits per heavy atom. The van der Waals surface area contributed by atoms with Gasteiger partial charge in [-0.25, -0.2) is 0 Å². The molecule has 2 saturated heterocycles. The molecule has 0 amide bonds. The fourth-order valence-corrected chi connectivity index (χ4v) is 4.97. The molecule has 0 aliphatic carbocycles. The topological polar surface area (TPSA) is 258 Å². The predicted octanol–water partition coefficient (Wildman–Crippen LogP) is -2.47. The van der Waals surface area contributed by atoms with Crippen molar-refractivity contribution in [3.63, 3.8) is 0 Å². The lowest BCUT2D eigenvalue weighted by Crippen LogP contribution is -2.60. The van der Waals surface area contributed by atoms with Gasteiger partial charge in [-0.05, 0) is 17.7 Å². The van der Waals surface area contributed by atoms with E-state index in [1.165, 1.54) is 7.11 Å². The molecule has 16 nitrogen and oxygen atoms in total. The Kier molecular flexibility index (Phi) is 9.28. The molecule has 16 heteroatoms. The van der Waals surface area contributed by atoms with E-state index in [-0.39, 0.29) is 11.1 Å². The van der Waals surface area contributed by atoms with Crippen LogP contribution in [-0.4, -0.2) is 128 Å². The molecule has 3 heterocycles. The summed E-state index contributed by atoms with van der Waals surface area (Å²) >= 11 is 0. The van der Waals surface area contributed by atoms with Crippen molar-refractivity contribution in [2.45, 2.75) is 61.4 Å². The van der Waals surface area contributed by atoms with Crippen LogP contribution in [0.5, 0.6) is 23.0 Å². The van der Waals surface area contributed by atoms with E-state index in [2.05, 4.69) is 0 Å². The Hall–Kier alpha value is -3.55. The van der Waals surface area contributed by atoms with Gasteiger partial charge in [-0.15, -0.1) is 0 Å². The van der Waals surface area contributed by atoms with Crippen molar-refractivity contribution in [3.05, 3.63) is 46.8 Å². The minimum Gasteiger partial charge on any atom is -0.504 e. The van der Waals surface area contributed by atoms with Crippen LogP contribution in [0.3, 0.4) is 0 Å². The third kappa shape index (κ3) is 5.68. The summed E-state index contributed by atoms with van der Waals surface area (Å²) in [5, 5.41) is 91.9. The molecular weight excluding hydrogens is 592 g/mol. The van der Waals surface area contributed by atoms with Gasteiger partial charge in [0.15, 0.2) is 11.5 Å². The summed E-state index contributed by atoms with van der Waals surface area (Å²) in [5.41, 5.74) is -0.548. The van der Waals surface area contributed by atoms with Crippen LogP contribution in [0.2, 0.25) is 0 Å². The van der Waals surface area contributed by atoms with Crippen molar-refractivity contribution in [1.82, 2.24) is 0 Å². The van der Waals surface area contributed by atoms with Gasteiger partial charge in [0.2, 0.25) is 23.8 Å². The number of hydrogen-bond donors (Lipinski definition) is 9. The van der Waals surface area contributed by atoms with Crippen molar-refractivity contribution in [2.24, 2.45) is 0 Å². The zero-order chi connectivity index (χ0) is 31.9. The van der Waals surface area contributed by atoms with Crippen LogP contribution in [-0.2, 0) is 9.47 Å². The predicted molar refractivity (Wildman–Crippen MR) is 145 cm³/mol. The second-order valence-electron chi connectivity index (χ2n) is 10.3. The largest absolute Gasteiger partial charge is 0.504 e. The van der Waals surface area contributed by atoms with Gasteiger partial charge in [-0.1, -0.05) is 12.1 Å². The molecule has 2 aliphatic heterocycles. The van der Waals surface area contributed by atoms with Crippen LogP contribution in [0.25, 0.3) is 22.1 Å². The maximum Gasteiger partial charge on any atom is 0.229 e. The Bertz CT molecular complexity index is 1500. The van der Waals surface area contributed by atoms with Crippen LogP contribution in [0.1, 0.15) is 0 Å². The number of aliphatic hydroxyl groups is 8. The number of methoxy groups -OCH3 is 1. The summed E-state index contributed by atoms with van der Waals surface area (Å²) in [4.78, 5) is 13.6. The number of rotatable bonds is 8. The first-order valence-corrected chi connectivity index (χ1v) is 13.4. The first kappa shape index (κ1) is 31.9. The van der Waals surface area contributed by atoms with Crippen LogP contribution < -0.4 is 19.6 Å². The average Bonchev–Trinajstić information content (AvgIpc) is 3.03. The zero-order valence-electron chi connectivity index (χ0n) is 23.0. The summed E-state index contributed by atoms with van der Waals surface area (Å²) in [7, 11) is 1.47. The molecule has 3 aromatic rings. The van der Waals surface area contributed by atoms with Gasteiger partial charge >= 0.3 is 0 Å². The highest BCUT2D eigenvalue weighted by atomic mass is 16.7. The molecule has 0 bridgehead atoms. The molecule has 44 heavy (non-hydrogen) atoms. The summed E-state index contributed by atoms with van der Waals surface area (Å²) < 4.78 is 32.9. The summed E-state index contributed by atoms with van der Waals surface area (Å²) in [6, 6.07) is 7.43. The number of phenolic OH excluding ortho intramolecular Hbond substituents is 1. The van der Waals surface area contributed by atoms with E-state index in [1.807, 2.05) is 0 Å². The molecule has 0 saturated carbocycles. The van der Waals surface area contributed by atoms with Gasteiger partial charge in [0, 0.05) is 6.07 Å². The first-order valence-electron chi connectivity index (χ1n) is 13.4. The first-order chi connectivity index (χ1) is 21.0. The lowest BCUT2D eigenvalue weighted by atomic mass is 9.99. The fourth-order valence-electron chi connectivity index (χ4n) is 4.97. The average molecular weight is 625 g/mol. The Balaban J connectivity index is 1.62. The second kappa shape index (κ2) is 12.8. The van der Waals surface area contributed by atoms with Gasteiger partial charge in [0.05, 0.1) is 25.9 Å². The van der Waals surface area contributed by atoms with Crippen molar-refractivity contribution < 1.29 is 74.1 Å². The lowest BCUT2D eigenvalue weighted by Gasteiger charge is -2.41. The molecule has 9 N–H and O–H groups in total. The van der Waals surface area contributed by atoms with Crippen LogP contribution in [0.4, 0.5) is 0 Å². The molecule has 1 aromatic heterocycles. The maximum absolute atomic E-state index is 13.6. The van der Waals surface area contributed by atoms with Crippen LogP contribution in [0, 0.1) is 0 Å². The fraction of sp³-hybridized carbons (Fsp3) is 0.464. The van der Waals surface area contributed by atoms with Gasteiger partial charge in [-0.3, -0.25) is 4.79 Å². The minimum absolute atomic E-state index is 0.0249. The number of aromatic hydroxyl groups is 1. The molecular formula is C28H32O16. The van der Waals surface area contributed by atoms with Crippen LogP contribution >= 0.6 is 0 Å². The van der Waals surface area contributed by atoms with Crippen molar-refractivity contribution in [1.29, 1.82) is 0 Å². The zero-order valence-corrected chi connectivity index (χ0v) is 23.0. The van der Waals surface area contributed by atoms with E-state index in [9.17, 15) is 50.8 Å². The SMILES string of the molecule is COc1ccc(-c2coc3cc(O[C@@H]4O[C@H](CO)[C@@H](O)[C@H](O)[C@H]4O)c(O[C@@H]4O[C@H](CO)[C@@H](O)[C@H](O)[C@H]4O)c(O)c3c2=O)cc1. The third-order valence-electron chi connectivity index (χ3n) is 7.53. The van der Waals surface area contributed by atoms with Crippen molar-refractivity contribution in [3.8, 4) is 34.1 Å². The highest BCUT2D eigenvalue weighted by Crippen LogP contribution is 2.45. The highest BCUT2D eigenvalue weighted by molar-refractivity contribution is 5.91. The highest BCUT2D eigenvalue weighted by Gasteiger charge is 2.47. The van der Waals surface area contributed by atoms with E-state index >= 15 is 0 Å². The van der Waals surface area contributed by atoms with Crippen molar-refractivity contribution >= 4 is 11.0 Å². The van der Waals surface area contributed by atoms with E-state index < -0.39 is 103 Å². The van der Waals surface area contributed by atoms with E-state index in [4.69, 9.17) is 28.1 Å². The van der Waals surface area contributed by atoms with E-state index in [1.54, 1.807) is 24.3 Å². The third-order valence-corrected chi connectivity index (χ3v) is 7.53. The number of ether oxygens (including phenoxy) is 5. The molecule has 0 unspecified atom stereocenters. The molecule has 0 radical (unpaired) electrons. The molecule has 10 atom stereocenters. The lowest BCUT2D eigenvalue weighted by molar-refractivity contribution is -0.282. The quantitative estimate of drug-likeness (QED) is 0.126. The normalized spacial score (nSPS) is 32.4. The smallest absolute Gasteiger partial charge is 0.229 e. The molecule has 2 fully saturated rings. The number of phenols is 1. The molecule has 240 valence electrons. The number of fused-ring (bicyclic) bond motifs is 1. The monoisotopic (exact) mass is 624 g/mol. The molecule has 2 aromatic carbocycles. The second-order valence-corrected chi connectivity index (χ2v) is 10.3. The number of aliphatic hydroxyl groups excluding tert-OH is 8. The summed E-state index contributed by atoms with van der Waals surface area (Å²) in [5.74, 6) is -1.58. The Morgan fingerprint density at radius 1 is 0.773 bits per heavy atom. The minimum atomic E-state index is -1.94. The van der Waals surface area contributed by atoms with E-state index in [0.29, 0.717) is 11.3 Å². The van der Waals surface area contributed by atoms with Crippen LogP contribution in [0.15, 0.2) is 45.8 Å². The molecule has 2 aliphatic rings. The number of hydrogen-bond acceptors (Lipinski definition) is 16. The van der Waals surface area contributed by atoms with E-state index in [0.717, 1.165) is 12.3 Å².